The van der Waals surface area contributed by atoms with Gasteiger partial charge in [-0.25, -0.2) is 4.79 Å². The van der Waals surface area contributed by atoms with Gasteiger partial charge in [0.05, 0.1) is 0 Å². The van der Waals surface area contributed by atoms with Crippen LogP contribution in [0.1, 0.15) is 12.5 Å². The van der Waals surface area contributed by atoms with Gasteiger partial charge in [-0.05, 0) is 35.7 Å². The van der Waals surface area contributed by atoms with Crippen molar-refractivity contribution >= 4 is 17.4 Å². The maximum atomic E-state index is 11.4. The number of carbonyl (C=O) groups excluding carboxylic acids is 1. The second-order valence-electron chi connectivity index (χ2n) is 3.61. The Morgan fingerprint density at radius 2 is 2.57 bits per heavy atom. The zero-order valence-electron chi connectivity index (χ0n) is 8.19. The summed E-state index contributed by atoms with van der Waals surface area (Å²) in [5.41, 5.74) is 1.32. The summed E-state index contributed by atoms with van der Waals surface area (Å²) in [6, 6.07) is 2.50. The molecule has 0 saturated carbocycles. The molecule has 1 aromatic rings. The molecule has 0 spiro atoms. The molecule has 4 heteroatoms. The van der Waals surface area contributed by atoms with E-state index in [1.165, 1.54) is 5.56 Å². The van der Waals surface area contributed by atoms with Crippen LogP contribution in [0.4, 0.5) is 4.79 Å². The summed E-state index contributed by atoms with van der Waals surface area (Å²) in [6.45, 7) is 3.72. The molecule has 1 unspecified atom stereocenters. The van der Waals surface area contributed by atoms with Crippen molar-refractivity contribution in [2.24, 2.45) is 0 Å². The van der Waals surface area contributed by atoms with E-state index in [0.717, 1.165) is 19.5 Å². The number of hydrogen-bond donors (Lipinski definition) is 1. The predicted octanol–water partition coefficient (Wildman–Crippen LogP) is 1.70. The molecule has 14 heavy (non-hydrogen) atoms. The minimum atomic E-state index is 0.0766. The van der Waals surface area contributed by atoms with Crippen molar-refractivity contribution in [3.8, 4) is 0 Å². The Morgan fingerprint density at radius 3 is 3.14 bits per heavy atom. The van der Waals surface area contributed by atoms with Gasteiger partial charge in [-0.3, -0.25) is 0 Å². The highest BCUT2D eigenvalue weighted by Gasteiger charge is 2.24. The molecule has 1 aliphatic heterocycles. The first kappa shape index (κ1) is 9.52. The molecular formula is C10H14N2OS. The summed E-state index contributed by atoms with van der Waals surface area (Å²) in [6.07, 6.45) is 0.955. The number of nitrogens with one attached hydrogen (secondary N) is 1. The quantitative estimate of drug-likeness (QED) is 0.809. The number of nitrogens with zero attached hydrogens (tertiary/aromatic N) is 1. The minimum Gasteiger partial charge on any atom is -0.336 e. The molecule has 2 heterocycles. The molecule has 0 aromatic carbocycles. The normalized spacial score (nSPS) is 18.4. The third-order valence-electron chi connectivity index (χ3n) is 2.53. The number of amides is 2. The molecule has 0 bridgehead atoms. The van der Waals surface area contributed by atoms with Gasteiger partial charge >= 0.3 is 6.03 Å². The van der Waals surface area contributed by atoms with E-state index in [1.54, 1.807) is 11.3 Å². The zero-order chi connectivity index (χ0) is 9.97. The molecule has 1 aliphatic rings. The summed E-state index contributed by atoms with van der Waals surface area (Å²) in [5, 5.41) is 7.04. The maximum absolute atomic E-state index is 11.4. The second-order valence-corrected chi connectivity index (χ2v) is 4.39. The van der Waals surface area contributed by atoms with E-state index in [9.17, 15) is 4.79 Å². The fraction of sp³-hybridized carbons (Fsp3) is 0.500. The first-order chi connectivity index (χ1) is 6.77. The van der Waals surface area contributed by atoms with Crippen LogP contribution in [-0.2, 0) is 6.42 Å². The van der Waals surface area contributed by atoms with Crippen LogP contribution in [0.2, 0.25) is 0 Å². The van der Waals surface area contributed by atoms with Crippen molar-refractivity contribution in [3.05, 3.63) is 22.4 Å². The molecule has 2 rings (SSSR count). The average molecular weight is 210 g/mol. The Morgan fingerprint density at radius 1 is 1.71 bits per heavy atom. The Bertz CT molecular complexity index is 310. The molecule has 1 aromatic heterocycles. The first-order valence-corrected chi connectivity index (χ1v) is 5.77. The van der Waals surface area contributed by atoms with E-state index in [4.69, 9.17) is 0 Å². The first-order valence-electron chi connectivity index (χ1n) is 4.83. The molecule has 0 aliphatic carbocycles. The third-order valence-corrected chi connectivity index (χ3v) is 3.27. The van der Waals surface area contributed by atoms with E-state index >= 15 is 0 Å². The van der Waals surface area contributed by atoms with Crippen LogP contribution in [-0.4, -0.2) is 30.1 Å². The number of thiophene rings is 1. The van der Waals surface area contributed by atoms with Gasteiger partial charge in [0.1, 0.15) is 0 Å². The fourth-order valence-corrected chi connectivity index (χ4v) is 2.45. The molecule has 1 N–H and O–H groups in total. The predicted molar refractivity (Wildman–Crippen MR) is 57.6 cm³/mol. The van der Waals surface area contributed by atoms with Crippen molar-refractivity contribution < 1.29 is 4.79 Å². The highest BCUT2D eigenvalue weighted by atomic mass is 32.1. The van der Waals surface area contributed by atoms with Crippen LogP contribution in [0.15, 0.2) is 16.8 Å². The summed E-state index contributed by atoms with van der Waals surface area (Å²) in [4.78, 5) is 13.3. The van der Waals surface area contributed by atoms with E-state index in [0.29, 0.717) is 6.04 Å². The maximum Gasteiger partial charge on any atom is 0.317 e. The highest BCUT2D eigenvalue weighted by molar-refractivity contribution is 7.07. The number of urea groups is 1. The molecule has 1 fully saturated rings. The molecule has 1 atom stereocenters. The van der Waals surface area contributed by atoms with Crippen LogP contribution in [0.25, 0.3) is 0 Å². The lowest BCUT2D eigenvalue weighted by Crippen LogP contribution is -2.37. The Hall–Kier alpha value is -1.03. The number of carbonyl (C=O) groups is 1. The van der Waals surface area contributed by atoms with E-state index in [1.807, 2.05) is 4.90 Å². The lowest BCUT2D eigenvalue weighted by Gasteiger charge is -2.22. The van der Waals surface area contributed by atoms with Crippen molar-refractivity contribution in [2.75, 3.05) is 13.1 Å². The Labute approximate surface area is 87.7 Å². The zero-order valence-corrected chi connectivity index (χ0v) is 9.01. The van der Waals surface area contributed by atoms with Crippen LogP contribution >= 0.6 is 11.3 Å². The van der Waals surface area contributed by atoms with Gasteiger partial charge in [-0.1, -0.05) is 0 Å². The van der Waals surface area contributed by atoms with Gasteiger partial charge in [0, 0.05) is 19.1 Å². The van der Waals surface area contributed by atoms with Crippen LogP contribution in [0.3, 0.4) is 0 Å². The SMILES string of the molecule is CC(Cc1ccsc1)N1CCNC1=O. The third kappa shape index (κ3) is 1.90. The summed E-state index contributed by atoms with van der Waals surface area (Å²) < 4.78 is 0. The van der Waals surface area contributed by atoms with Crippen LogP contribution in [0, 0.1) is 0 Å². The van der Waals surface area contributed by atoms with Crippen LogP contribution < -0.4 is 5.32 Å². The fourth-order valence-electron chi connectivity index (χ4n) is 1.77. The van der Waals surface area contributed by atoms with Crippen LogP contribution in [0.5, 0.6) is 0 Å². The Balaban J connectivity index is 1.95. The lowest BCUT2D eigenvalue weighted by atomic mass is 10.1. The van der Waals surface area contributed by atoms with Gasteiger partial charge < -0.3 is 10.2 Å². The van der Waals surface area contributed by atoms with E-state index in [2.05, 4.69) is 29.1 Å². The van der Waals surface area contributed by atoms with Crippen molar-refractivity contribution in [2.45, 2.75) is 19.4 Å². The molecule has 0 radical (unpaired) electrons. The molecular weight excluding hydrogens is 196 g/mol. The highest BCUT2D eigenvalue weighted by Crippen LogP contribution is 2.13. The van der Waals surface area contributed by atoms with Crippen molar-refractivity contribution in [1.29, 1.82) is 0 Å². The van der Waals surface area contributed by atoms with E-state index < -0.39 is 0 Å². The average Bonchev–Trinajstić information content (AvgIpc) is 2.75. The molecule has 3 nitrogen and oxygen atoms in total. The van der Waals surface area contributed by atoms with Crippen molar-refractivity contribution in [3.63, 3.8) is 0 Å². The summed E-state index contributed by atoms with van der Waals surface area (Å²) >= 11 is 1.71. The second kappa shape index (κ2) is 4.00. The topological polar surface area (TPSA) is 32.3 Å². The number of rotatable bonds is 3. The van der Waals surface area contributed by atoms with Gasteiger partial charge in [-0.2, -0.15) is 11.3 Å². The standard InChI is InChI=1S/C10H14N2OS/c1-8(6-9-2-5-14-7-9)12-4-3-11-10(12)13/h2,5,7-8H,3-4,6H2,1H3,(H,11,13). The Kier molecular flexibility index (Phi) is 2.72. The summed E-state index contributed by atoms with van der Waals surface area (Å²) in [5.74, 6) is 0. The molecule has 2 amide bonds. The lowest BCUT2D eigenvalue weighted by molar-refractivity contribution is 0.202. The van der Waals surface area contributed by atoms with E-state index in [-0.39, 0.29) is 6.03 Å². The largest absolute Gasteiger partial charge is 0.336 e. The molecule has 1 saturated heterocycles. The minimum absolute atomic E-state index is 0.0766. The van der Waals surface area contributed by atoms with Gasteiger partial charge in [0.25, 0.3) is 0 Å². The van der Waals surface area contributed by atoms with Gasteiger partial charge in [0.2, 0.25) is 0 Å². The van der Waals surface area contributed by atoms with Crippen molar-refractivity contribution in [1.82, 2.24) is 10.2 Å². The van der Waals surface area contributed by atoms with Gasteiger partial charge in [0.15, 0.2) is 0 Å². The monoisotopic (exact) mass is 210 g/mol. The summed E-state index contributed by atoms with van der Waals surface area (Å²) in [7, 11) is 0. The van der Waals surface area contributed by atoms with Gasteiger partial charge in [-0.15, -0.1) is 0 Å². The smallest absolute Gasteiger partial charge is 0.317 e. The number of hydrogen-bond acceptors (Lipinski definition) is 2. The molecule has 76 valence electrons.